The van der Waals surface area contributed by atoms with Gasteiger partial charge in [-0.2, -0.15) is 3.71 Å². The first-order valence-electron chi connectivity index (χ1n) is 7.58. The molecule has 0 aliphatic rings. The molecule has 0 aromatic heterocycles. The highest BCUT2D eigenvalue weighted by Gasteiger charge is 2.09. The second kappa shape index (κ2) is 17.7. The molecule has 0 bridgehead atoms. The van der Waals surface area contributed by atoms with Crippen LogP contribution in [0.3, 0.4) is 0 Å². The maximum Gasteiger partial charge on any atom is 0.307 e. The number of nitrogens with zero attached hydrogens (tertiary/aromatic N) is 2. The van der Waals surface area contributed by atoms with E-state index in [9.17, 15) is 4.79 Å². The molecule has 0 atom stereocenters. The summed E-state index contributed by atoms with van der Waals surface area (Å²) in [5.74, 6) is -0.0749. The van der Waals surface area contributed by atoms with E-state index in [1.807, 2.05) is 3.71 Å². The van der Waals surface area contributed by atoms with Crippen molar-refractivity contribution in [1.82, 2.24) is 8.02 Å². The third-order valence-corrected chi connectivity index (χ3v) is 8.39. The van der Waals surface area contributed by atoms with Crippen molar-refractivity contribution in [2.75, 3.05) is 26.2 Å². The van der Waals surface area contributed by atoms with Crippen molar-refractivity contribution in [2.24, 2.45) is 0 Å². The van der Waals surface area contributed by atoms with Crippen molar-refractivity contribution in [3.8, 4) is 0 Å². The number of thiol groups is 1. The predicted octanol–water partition coefficient (Wildman–Crippen LogP) is 5.73. The minimum absolute atomic E-state index is 0.0749. The molecule has 4 nitrogen and oxygen atoms in total. The molecule has 0 amide bonds. The highest BCUT2D eigenvalue weighted by Crippen LogP contribution is 2.22. The molecule has 0 aliphatic carbocycles. The van der Waals surface area contributed by atoms with Crippen LogP contribution in [0.1, 0.15) is 51.9 Å². The Balaban J connectivity index is 3.56. The Morgan fingerprint density at radius 1 is 1.05 bits per heavy atom. The Bertz CT molecular complexity index is 280. The van der Waals surface area contributed by atoms with Gasteiger partial charge in [0.1, 0.15) is 0 Å². The van der Waals surface area contributed by atoms with Gasteiger partial charge in [0.2, 0.25) is 0 Å². The summed E-state index contributed by atoms with van der Waals surface area (Å²) < 4.78 is 9.38. The number of hydrogen-bond donors (Lipinski definition) is 1. The van der Waals surface area contributed by atoms with E-state index in [4.69, 9.17) is 4.74 Å². The highest BCUT2D eigenvalue weighted by atomic mass is 127. The van der Waals surface area contributed by atoms with Gasteiger partial charge in [0.25, 0.3) is 0 Å². The Labute approximate surface area is 173 Å². The lowest BCUT2D eigenvalue weighted by molar-refractivity contribution is -0.143. The summed E-state index contributed by atoms with van der Waals surface area (Å²) in [6.45, 7) is 5.47. The van der Waals surface area contributed by atoms with E-state index in [0.717, 1.165) is 32.5 Å². The maximum atomic E-state index is 11.6. The lowest BCUT2D eigenvalue weighted by Crippen LogP contribution is -2.20. The number of rotatable bonds is 15. The largest absolute Gasteiger partial charge is 0.466 e. The van der Waals surface area contributed by atoms with Crippen molar-refractivity contribution in [1.29, 1.82) is 0 Å². The summed E-state index contributed by atoms with van der Waals surface area (Å²) in [6, 6.07) is 0. The molecule has 0 aromatic rings. The molecule has 0 aliphatic heterocycles. The zero-order valence-corrected chi connectivity index (χ0v) is 19.9. The third kappa shape index (κ3) is 15.4. The zero-order valence-electron chi connectivity index (χ0n) is 13.0. The van der Waals surface area contributed by atoms with Gasteiger partial charge in [0.05, 0.1) is 13.0 Å². The van der Waals surface area contributed by atoms with Crippen molar-refractivity contribution in [3.63, 3.8) is 0 Å². The summed E-state index contributed by atoms with van der Waals surface area (Å²) in [6.07, 6.45) is 7.31. The molecule has 22 heavy (non-hydrogen) atoms. The molecule has 0 rings (SSSR count). The van der Waals surface area contributed by atoms with Crippen LogP contribution in [0, 0.1) is 0 Å². The number of carbonyl (C=O) groups excluding carboxylic acids is 1. The first-order valence-corrected chi connectivity index (χ1v) is 14.6. The zero-order chi connectivity index (χ0) is 16.6. The first-order chi connectivity index (χ1) is 10.6. The monoisotopic (exact) mass is 592 g/mol. The molecule has 0 aromatic carbocycles. The molecule has 0 heterocycles. The Hall–Kier alpha value is 1.90. The van der Waals surface area contributed by atoms with Crippen LogP contribution in [-0.2, 0) is 9.53 Å². The van der Waals surface area contributed by atoms with E-state index in [1.165, 1.54) is 25.7 Å². The summed E-state index contributed by atoms with van der Waals surface area (Å²) in [7, 11) is 3.31. The van der Waals surface area contributed by atoms with Crippen molar-refractivity contribution < 1.29 is 9.53 Å². The molecule has 0 N–H and O–H groups in total. The lowest BCUT2D eigenvalue weighted by atomic mass is 10.2. The number of unbranched alkanes of at least 4 members (excludes halogenated alkanes) is 4. The summed E-state index contributed by atoms with van der Waals surface area (Å²) >= 11 is 8.83. The topological polar surface area (TPSA) is 32.8 Å². The van der Waals surface area contributed by atoms with E-state index in [2.05, 4.69) is 66.5 Å². The van der Waals surface area contributed by atoms with Crippen molar-refractivity contribution in [3.05, 3.63) is 0 Å². The molecule has 0 unspecified atom stereocenters. The lowest BCUT2D eigenvalue weighted by Gasteiger charge is -2.17. The fraction of sp³-hybridized carbons (Fsp3) is 0.923. The molecule has 0 radical (unpaired) electrons. The van der Waals surface area contributed by atoms with Gasteiger partial charge in [-0.25, -0.2) is 4.31 Å². The minimum atomic E-state index is -0.0749. The maximum absolute atomic E-state index is 11.6. The fourth-order valence-corrected chi connectivity index (χ4v) is 4.19. The van der Waals surface area contributed by atoms with Crippen LogP contribution >= 0.6 is 73.5 Å². The number of carbonyl (C=O) groups is 1. The van der Waals surface area contributed by atoms with Crippen LogP contribution in [0.2, 0.25) is 0 Å². The number of ether oxygens (including phenoxy) is 1. The first kappa shape index (κ1) is 23.9. The molecular weight excluding hydrogens is 566 g/mol. The van der Waals surface area contributed by atoms with Crippen LogP contribution in [0.5, 0.6) is 0 Å². The smallest absolute Gasteiger partial charge is 0.307 e. The molecule has 0 spiro atoms. The molecule has 9 heteroatoms. The summed E-state index contributed by atoms with van der Waals surface area (Å²) in [5, 5.41) is 0. The number of hydrogen-bond acceptors (Lipinski definition) is 7. The van der Waals surface area contributed by atoms with Crippen LogP contribution in [0.4, 0.5) is 0 Å². The second-order valence-electron chi connectivity index (χ2n) is 4.88. The molecular formula is C13H26I2N2O2S3. The van der Waals surface area contributed by atoms with Gasteiger partial charge in [-0.3, -0.25) is 4.79 Å². The van der Waals surface area contributed by atoms with Gasteiger partial charge in [-0.15, -0.1) is 0 Å². The van der Waals surface area contributed by atoms with Crippen molar-refractivity contribution in [2.45, 2.75) is 51.9 Å². The molecule has 132 valence electrons. The van der Waals surface area contributed by atoms with Gasteiger partial charge in [-0.05, 0) is 28.4 Å². The van der Waals surface area contributed by atoms with Gasteiger partial charge in [0.15, 0.2) is 0 Å². The van der Waals surface area contributed by atoms with E-state index in [1.54, 1.807) is 18.2 Å². The standard InChI is InChI=1S/C13H26I2N2O2S3/c1-2-3-12-19-13(18)8-11-16(21-14)9-6-4-5-7-10-17(20)22-15/h20H,2-12H2,1H3. The van der Waals surface area contributed by atoms with Crippen LogP contribution in [0.15, 0.2) is 0 Å². The van der Waals surface area contributed by atoms with Gasteiger partial charge in [0, 0.05) is 71.2 Å². The van der Waals surface area contributed by atoms with Crippen LogP contribution < -0.4 is 0 Å². The predicted molar refractivity (Wildman–Crippen MR) is 119 cm³/mol. The Morgan fingerprint density at radius 3 is 2.32 bits per heavy atom. The van der Waals surface area contributed by atoms with Gasteiger partial charge >= 0.3 is 5.97 Å². The van der Waals surface area contributed by atoms with Gasteiger partial charge < -0.3 is 4.74 Å². The van der Waals surface area contributed by atoms with Crippen LogP contribution in [0.25, 0.3) is 0 Å². The average molecular weight is 592 g/mol. The molecule has 0 fully saturated rings. The van der Waals surface area contributed by atoms with Crippen LogP contribution in [-0.4, -0.2) is 40.2 Å². The quantitative estimate of drug-likeness (QED) is 0.0861. The normalized spacial score (nSPS) is 11.4. The SMILES string of the molecule is CCCCOC(=O)CCN(CCCCCCN(S)SI)SI. The Kier molecular flexibility index (Phi) is 19.2. The highest BCUT2D eigenvalue weighted by molar-refractivity contribution is 14.2. The number of esters is 1. The molecule has 0 saturated heterocycles. The number of halogens is 2. The summed E-state index contributed by atoms with van der Waals surface area (Å²) in [5.41, 5.74) is 0. The van der Waals surface area contributed by atoms with E-state index < -0.39 is 0 Å². The van der Waals surface area contributed by atoms with Crippen molar-refractivity contribution >= 4 is 79.4 Å². The third-order valence-electron chi connectivity index (χ3n) is 3.01. The van der Waals surface area contributed by atoms with E-state index >= 15 is 0 Å². The summed E-state index contributed by atoms with van der Waals surface area (Å²) in [4.78, 5) is 11.6. The second-order valence-corrected chi connectivity index (χ2v) is 9.23. The van der Waals surface area contributed by atoms with E-state index in [-0.39, 0.29) is 5.97 Å². The minimum Gasteiger partial charge on any atom is -0.466 e. The Morgan fingerprint density at radius 2 is 1.73 bits per heavy atom. The average Bonchev–Trinajstić information content (AvgIpc) is 2.53. The van der Waals surface area contributed by atoms with Gasteiger partial charge in [-0.1, -0.05) is 39.0 Å². The fourth-order valence-electron chi connectivity index (χ4n) is 1.72. The van der Waals surface area contributed by atoms with E-state index in [0.29, 0.717) is 13.0 Å². The molecule has 0 saturated carbocycles.